The van der Waals surface area contributed by atoms with Crippen LogP contribution in [-0.4, -0.2) is 67.2 Å². The van der Waals surface area contributed by atoms with Crippen LogP contribution in [0.3, 0.4) is 0 Å². The molecule has 2 heterocycles. The molecule has 0 bridgehead atoms. The number of esters is 1. The van der Waals surface area contributed by atoms with Crippen LogP contribution in [0.1, 0.15) is 41.5 Å². The molecule has 0 aliphatic carbocycles. The summed E-state index contributed by atoms with van der Waals surface area (Å²) in [5.41, 5.74) is 5.24. The Hall–Kier alpha value is -2.60. The van der Waals surface area contributed by atoms with Gasteiger partial charge in [-0.15, -0.1) is 0 Å². The highest BCUT2D eigenvalue weighted by atomic mass is 31.2. The van der Waals surface area contributed by atoms with E-state index in [0.29, 0.717) is 17.7 Å². The number of carbonyl (C=O) groups is 2. The average Bonchev–Trinajstić information content (AvgIpc) is 3.14. The van der Waals surface area contributed by atoms with Crippen molar-refractivity contribution in [2.24, 2.45) is 5.92 Å². The van der Waals surface area contributed by atoms with Gasteiger partial charge in [0.2, 0.25) is 7.44 Å². The molecular weight excluding hydrogens is 465 g/mol. The second-order valence-electron chi connectivity index (χ2n) is 9.09. The number of rotatable bonds is 13. The molecule has 0 fully saturated rings. The fourth-order valence-electron chi connectivity index (χ4n) is 2.93. The molecule has 0 aromatic carbocycles. The van der Waals surface area contributed by atoms with Gasteiger partial charge in [-0.3, -0.25) is 14.2 Å². The number of nitrogen functional groups attached to an aromatic ring is 1. The van der Waals surface area contributed by atoms with Crippen LogP contribution < -0.4 is 15.9 Å². The first-order chi connectivity index (χ1) is 15.7. The standard InChI is InChI=1S/C20H34N7O6P/c1-12(2)8-32-18(28)14(4)25-34(31,26-20(5,6)19(29)30)11-33-13(3)7-27-10-24-15-16(21)22-9-23-17(15)27/h9-10,12-14H,7-8,11H2,1-6H3,(H,29,30)(H2,21,22,23)(H2,25,26,31)/t13-,14-,34+/m1/s1. The quantitative estimate of drug-likeness (QED) is 0.231. The molecule has 0 saturated heterocycles. The Kier molecular flexibility index (Phi) is 9.12. The van der Waals surface area contributed by atoms with Crippen molar-refractivity contribution in [3.63, 3.8) is 0 Å². The highest BCUT2D eigenvalue weighted by molar-refractivity contribution is 7.59. The van der Waals surface area contributed by atoms with Crippen molar-refractivity contribution in [2.75, 3.05) is 18.7 Å². The second-order valence-corrected chi connectivity index (χ2v) is 11.3. The van der Waals surface area contributed by atoms with E-state index in [2.05, 4.69) is 25.1 Å². The minimum Gasteiger partial charge on any atom is -0.480 e. The van der Waals surface area contributed by atoms with Crippen molar-refractivity contribution >= 4 is 36.4 Å². The number of fused-ring (bicyclic) bond motifs is 1. The Morgan fingerprint density at radius 2 is 1.91 bits per heavy atom. The van der Waals surface area contributed by atoms with Crippen molar-refractivity contribution in [1.29, 1.82) is 0 Å². The number of aromatic nitrogens is 4. The van der Waals surface area contributed by atoms with Crippen LogP contribution in [0.25, 0.3) is 11.2 Å². The van der Waals surface area contributed by atoms with Crippen LogP contribution in [0.2, 0.25) is 0 Å². The molecule has 34 heavy (non-hydrogen) atoms. The number of anilines is 1. The third-order valence-electron chi connectivity index (χ3n) is 4.73. The Morgan fingerprint density at radius 3 is 2.53 bits per heavy atom. The third kappa shape index (κ3) is 7.45. The van der Waals surface area contributed by atoms with E-state index in [1.165, 1.54) is 27.1 Å². The molecule has 2 rings (SSSR count). The molecule has 5 N–H and O–H groups in total. The summed E-state index contributed by atoms with van der Waals surface area (Å²) < 4.78 is 26.4. The summed E-state index contributed by atoms with van der Waals surface area (Å²) in [7, 11) is -3.73. The second kappa shape index (κ2) is 11.2. The SMILES string of the molecule is CC(C)COC(=O)[C@@H](C)N[P@@](=O)(CO[C@H](C)Cn1cnc2c(N)ncnc21)NC(C)(C)C(=O)O. The zero-order valence-corrected chi connectivity index (χ0v) is 21.2. The van der Waals surface area contributed by atoms with E-state index in [9.17, 15) is 19.3 Å². The van der Waals surface area contributed by atoms with Crippen molar-refractivity contribution in [1.82, 2.24) is 29.7 Å². The van der Waals surface area contributed by atoms with Crippen molar-refractivity contribution in [3.8, 4) is 0 Å². The van der Waals surface area contributed by atoms with Crippen molar-refractivity contribution in [3.05, 3.63) is 12.7 Å². The normalized spacial score (nSPS) is 15.7. The number of nitrogens with zero attached hydrogens (tertiary/aromatic N) is 4. The molecule has 2 aromatic heterocycles. The number of hydrogen-bond acceptors (Lipinski definition) is 9. The van der Waals surface area contributed by atoms with Crippen LogP contribution >= 0.6 is 7.44 Å². The lowest BCUT2D eigenvalue weighted by Gasteiger charge is -2.31. The van der Waals surface area contributed by atoms with E-state index in [1.807, 2.05) is 13.8 Å². The summed E-state index contributed by atoms with van der Waals surface area (Å²) in [6, 6.07) is -0.960. The third-order valence-corrected chi connectivity index (χ3v) is 6.97. The first-order valence-electron chi connectivity index (χ1n) is 10.8. The van der Waals surface area contributed by atoms with Crippen LogP contribution in [0.4, 0.5) is 5.82 Å². The fourth-order valence-corrected chi connectivity index (χ4v) is 5.33. The van der Waals surface area contributed by atoms with E-state index < -0.39 is 37.1 Å². The van der Waals surface area contributed by atoms with Gasteiger partial charge in [0.1, 0.15) is 29.8 Å². The number of carboxylic acid groups (broad SMARTS) is 1. The van der Waals surface area contributed by atoms with Gasteiger partial charge >= 0.3 is 11.9 Å². The molecule has 0 aliphatic heterocycles. The largest absolute Gasteiger partial charge is 0.480 e. The van der Waals surface area contributed by atoms with Gasteiger partial charge in [0, 0.05) is 0 Å². The first-order valence-corrected chi connectivity index (χ1v) is 12.7. The van der Waals surface area contributed by atoms with Gasteiger partial charge in [-0.2, -0.15) is 0 Å². The summed E-state index contributed by atoms with van der Waals surface area (Å²) in [4.78, 5) is 36.2. The van der Waals surface area contributed by atoms with E-state index in [4.69, 9.17) is 15.2 Å². The Morgan fingerprint density at radius 1 is 1.24 bits per heavy atom. The summed E-state index contributed by atoms with van der Waals surface area (Å²) in [5.74, 6) is -1.42. The maximum atomic E-state index is 13.7. The van der Waals surface area contributed by atoms with Crippen LogP contribution in [-0.2, 0) is 30.2 Å². The summed E-state index contributed by atoms with van der Waals surface area (Å²) in [5, 5.41) is 14.8. The number of ether oxygens (including phenoxy) is 2. The number of aliphatic carboxylic acids is 1. The molecule has 13 nitrogen and oxygen atoms in total. The van der Waals surface area contributed by atoms with Gasteiger partial charge in [-0.1, -0.05) is 13.8 Å². The Bertz CT molecular complexity index is 1060. The van der Waals surface area contributed by atoms with Gasteiger partial charge in [-0.05, 0) is 33.6 Å². The maximum Gasteiger partial charge on any atom is 0.323 e. The monoisotopic (exact) mass is 499 g/mol. The van der Waals surface area contributed by atoms with Gasteiger partial charge < -0.3 is 24.9 Å². The predicted molar refractivity (Wildman–Crippen MR) is 126 cm³/mol. The Labute approximate surface area is 198 Å². The fraction of sp³-hybridized carbons (Fsp3) is 0.650. The summed E-state index contributed by atoms with van der Waals surface area (Å²) >= 11 is 0. The molecule has 0 radical (unpaired) electrons. The zero-order valence-electron chi connectivity index (χ0n) is 20.3. The minimum atomic E-state index is -3.73. The van der Waals surface area contributed by atoms with Gasteiger partial charge in [0.25, 0.3) is 0 Å². The number of hydrogen-bond donors (Lipinski definition) is 4. The minimum absolute atomic E-state index is 0.135. The molecule has 0 aliphatic rings. The molecule has 14 heteroatoms. The molecule has 0 saturated carbocycles. The highest BCUT2D eigenvalue weighted by Crippen LogP contribution is 2.40. The molecule has 190 valence electrons. The predicted octanol–water partition coefficient (Wildman–Crippen LogP) is 1.59. The van der Waals surface area contributed by atoms with Crippen LogP contribution in [0.5, 0.6) is 0 Å². The number of imidazole rings is 1. The highest BCUT2D eigenvalue weighted by Gasteiger charge is 2.38. The molecule has 2 aromatic rings. The summed E-state index contributed by atoms with van der Waals surface area (Å²) in [6.45, 7) is 10.3. The van der Waals surface area contributed by atoms with E-state index in [-0.39, 0.29) is 24.7 Å². The molecule has 0 unspecified atom stereocenters. The van der Waals surface area contributed by atoms with Gasteiger partial charge in [0.15, 0.2) is 11.5 Å². The number of carbonyl (C=O) groups excluding carboxylic acids is 1. The summed E-state index contributed by atoms with van der Waals surface area (Å²) in [6.07, 6.45) is 2.03. The maximum absolute atomic E-state index is 13.7. The smallest absolute Gasteiger partial charge is 0.323 e. The van der Waals surface area contributed by atoms with Gasteiger partial charge in [-0.25, -0.2) is 25.1 Å². The lowest BCUT2D eigenvalue weighted by atomic mass is 10.1. The van der Waals surface area contributed by atoms with Gasteiger partial charge in [0.05, 0.1) is 25.6 Å². The molecule has 3 atom stereocenters. The molecule has 0 spiro atoms. The zero-order chi connectivity index (χ0) is 25.7. The van der Waals surface area contributed by atoms with Crippen molar-refractivity contribution in [2.45, 2.75) is 65.8 Å². The van der Waals surface area contributed by atoms with E-state index in [1.54, 1.807) is 17.8 Å². The van der Waals surface area contributed by atoms with Crippen molar-refractivity contribution < 1.29 is 28.7 Å². The van der Waals surface area contributed by atoms with E-state index >= 15 is 0 Å². The first kappa shape index (κ1) is 27.6. The molecule has 0 amide bonds. The van der Waals surface area contributed by atoms with E-state index in [0.717, 1.165) is 0 Å². The lowest BCUT2D eigenvalue weighted by Crippen LogP contribution is -2.49. The van der Waals surface area contributed by atoms with Crippen LogP contribution in [0.15, 0.2) is 12.7 Å². The topological polar surface area (TPSA) is 184 Å². The number of nitrogens with one attached hydrogen (secondary N) is 2. The average molecular weight is 500 g/mol. The number of nitrogens with two attached hydrogens (primary N) is 1. The Balaban J connectivity index is 2.12. The lowest BCUT2D eigenvalue weighted by molar-refractivity contribution is -0.146. The molecular formula is C20H34N7O6P. The number of carboxylic acids is 1. The van der Waals surface area contributed by atoms with Crippen LogP contribution in [0, 0.1) is 5.92 Å².